The molecule has 0 amide bonds. The molecule has 8 nitrogen and oxygen atoms in total. The van der Waals surface area contributed by atoms with Crippen molar-refractivity contribution in [3.05, 3.63) is 57.7 Å². The van der Waals surface area contributed by atoms with E-state index in [-0.39, 0.29) is 6.61 Å². The van der Waals surface area contributed by atoms with E-state index >= 15 is 0 Å². The number of piperidine rings is 1. The van der Waals surface area contributed by atoms with Crippen LogP contribution in [0.2, 0.25) is 0 Å². The van der Waals surface area contributed by atoms with Crippen LogP contribution >= 0.6 is 23.1 Å². The number of nitrogen functional groups attached to an aromatic ring is 1. The Morgan fingerprint density at radius 2 is 1.97 bits per heavy atom. The second-order valence-corrected chi connectivity index (χ2v) is 10.1. The molecule has 34 heavy (non-hydrogen) atoms. The van der Waals surface area contributed by atoms with Crippen molar-refractivity contribution in [1.82, 2.24) is 19.7 Å². The van der Waals surface area contributed by atoms with Crippen molar-refractivity contribution < 1.29 is 9.53 Å². The first-order valence-corrected chi connectivity index (χ1v) is 13.2. The first-order chi connectivity index (χ1) is 16.6. The van der Waals surface area contributed by atoms with E-state index < -0.39 is 5.97 Å². The number of thioether (sulfide) groups is 1. The van der Waals surface area contributed by atoms with Crippen LogP contribution in [0.1, 0.15) is 58.4 Å². The monoisotopic (exact) mass is 496 g/mol. The summed E-state index contributed by atoms with van der Waals surface area (Å²) in [6, 6.07) is 12.4. The van der Waals surface area contributed by atoms with E-state index in [4.69, 9.17) is 10.5 Å². The maximum Gasteiger partial charge on any atom is 0.348 e. The van der Waals surface area contributed by atoms with E-state index in [1.54, 1.807) is 6.92 Å². The van der Waals surface area contributed by atoms with Gasteiger partial charge in [0.1, 0.15) is 21.8 Å². The quantitative estimate of drug-likeness (QED) is 0.345. The number of aromatic nitrogens is 3. The van der Waals surface area contributed by atoms with E-state index in [0.29, 0.717) is 33.3 Å². The van der Waals surface area contributed by atoms with Gasteiger partial charge in [-0.2, -0.15) is 5.26 Å². The number of carbonyl (C=O) groups excluding carboxylic acids is 1. The number of hydrogen-bond donors (Lipinski definition) is 1. The molecule has 4 rings (SSSR count). The standard InChI is InChI=1S/C24H28N6O2S2/c1-2-32-23(31)21-19(18(13-25)22(26)34-21)16-33-24-28-27-20(15-29-11-7-4-8-12-29)30(24)14-17-9-5-3-6-10-17/h3,5-6,9-10H,2,4,7-8,11-12,14-16,26H2,1H3. The molecule has 1 aliphatic heterocycles. The van der Waals surface area contributed by atoms with Crippen LogP contribution < -0.4 is 5.73 Å². The number of anilines is 1. The molecule has 178 valence electrons. The van der Waals surface area contributed by atoms with Gasteiger partial charge in [-0.1, -0.05) is 48.5 Å². The van der Waals surface area contributed by atoms with Gasteiger partial charge in [0.15, 0.2) is 5.16 Å². The average Bonchev–Trinajstić information content (AvgIpc) is 3.38. The highest BCUT2D eigenvalue weighted by atomic mass is 32.2. The number of nitrogens with zero attached hydrogens (tertiary/aromatic N) is 5. The van der Waals surface area contributed by atoms with Gasteiger partial charge in [-0.05, 0) is 38.4 Å². The zero-order valence-electron chi connectivity index (χ0n) is 19.2. The number of nitrogens with two attached hydrogens (primary N) is 1. The Hall–Kier alpha value is -2.87. The van der Waals surface area contributed by atoms with Gasteiger partial charge in [-0.25, -0.2) is 4.79 Å². The summed E-state index contributed by atoms with van der Waals surface area (Å²) in [4.78, 5) is 15.3. The minimum Gasteiger partial charge on any atom is -0.462 e. The number of likely N-dealkylation sites (tertiary alicyclic amines) is 1. The third kappa shape index (κ3) is 5.60. The van der Waals surface area contributed by atoms with Crippen LogP contribution in [0.5, 0.6) is 0 Å². The Morgan fingerprint density at radius 1 is 1.21 bits per heavy atom. The van der Waals surface area contributed by atoms with E-state index in [0.717, 1.165) is 47.5 Å². The molecule has 1 fully saturated rings. The number of ether oxygens (including phenoxy) is 1. The molecule has 1 aromatic carbocycles. The molecule has 1 aliphatic rings. The smallest absolute Gasteiger partial charge is 0.348 e. The molecule has 3 aromatic rings. The summed E-state index contributed by atoms with van der Waals surface area (Å²) in [5.74, 6) is 0.846. The van der Waals surface area contributed by atoms with Crippen LogP contribution in [0, 0.1) is 11.3 Å². The third-order valence-electron chi connectivity index (χ3n) is 5.74. The molecule has 0 unspecified atom stereocenters. The van der Waals surface area contributed by atoms with Crippen molar-refractivity contribution in [3.63, 3.8) is 0 Å². The number of nitriles is 1. The van der Waals surface area contributed by atoms with Gasteiger partial charge < -0.3 is 15.0 Å². The third-order valence-corrected chi connectivity index (χ3v) is 7.78. The molecule has 1 saturated heterocycles. The Kier molecular flexibility index (Phi) is 8.21. The predicted octanol–water partition coefficient (Wildman–Crippen LogP) is 4.30. The number of thiophene rings is 1. The first kappa shape index (κ1) is 24.3. The highest BCUT2D eigenvalue weighted by molar-refractivity contribution is 7.98. The summed E-state index contributed by atoms with van der Waals surface area (Å²) >= 11 is 2.56. The molecule has 0 atom stereocenters. The lowest BCUT2D eigenvalue weighted by molar-refractivity contribution is 0.0531. The van der Waals surface area contributed by atoms with E-state index in [2.05, 4.69) is 37.9 Å². The summed E-state index contributed by atoms with van der Waals surface area (Å²) in [6.45, 7) is 5.57. The van der Waals surface area contributed by atoms with Gasteiger partial charge in [0.25, 0.3) is 0 Å². The summed E-state index contributed by atoms with van der Waals surface area (Å²) in [7, 11) is 0. The molecule has 2 N–H and O–H groups in total. The van der Waals surface area contributed by atoms with Crippen molar-refractivity contribution >= 4 is 34.1 Å². The first-order valence-electron chi connectivity index (χ1n) is 11.4. The number of esters is 1. The van der Waals surface area contributed by atoms with Crippen LogP contribution in [0.15, 0.2) is 35.5 Å². The molecule has 0 spiro atoms. The summed E-state index contributed by atoms with van der Waals surface area (Å²) in [5.41, 5.74) is 8.13. The number of benzene rings is 1. The van der Waals surface area contributed by atoms with Crippen molar-refractivity contribution in [2.24, 2.45) is 0 Å². The highest BCUT2D eigenvalue weighted by Crippen LogP contribution is 2.35. The van der Waals surface area contributed by atoms with Gasteiger partial charge in [-0.15, -0.1) is 21.5 Å². The lowest BCUT2D eigenvalue weighted by Crippen LogP contribution is -2.30. The average molecular weight is 497 g/mol. The maximum atomic E-state index is 12.5. The molecule has 3 heterocycles. The Labute approximate surface area is 207 Å². The number of hydrogen-bond acceptors (Lipinski definition) is 9. The minimum atomic E-state index is -0.451. The maximum absolute atomic E-state index is 12.5. The van der Waals surface area contributed by atoms with Crippen LogP contribution in [0.4, 0.5) is 5.00 Å². The minimum absolute atomic E-state index is 0.260. The van der Waals surface area contributed by atoms with Crippen molar-refractivity contribution in [2.75, 3.05) is 25.4 Å². The Morgan fingerprint density at radius 3 is 2.68 bits per heavy atom. The van der Waals surface area contributed by atoms with Crippen molar-refractivity contribution in [3.8, 4) is 6.07 Å². The van der Waals surface area contributed by atoms with Crippen LogP contribution in [0.25, 0.3) is 0 Å². The molecule has 0 radical (unpaired) electrons. The molecule has 0 aliphatic carbocycles. The lowest BCUT2D eigenvalue weighted by atomic mass is 10.1. The molecular weight excluding hydrogens is 468 g/mol. The van der Waals surface area contributed by atoms with Crippen LogP contribution in [-0.2, 0) is 23.6 Å². The fourth-order valence-electron chi connectivity index (χ4n) is 4.03. The van der Waals surface area contributed by atoms with Gasteiger partial charge in [-0.3, -0.25) is 4.90 Å². The van der Waals surface area contributed by atoms with Gasteiger partial charge >= 0.3 is 5.97 Å². The van der Waals surface area contributed by atoms with E-state index in [1.807, 2.05) is 18.2 Å². The van der Waals surface area contributed by atoms with E-state index in [9.17, 15) is 10.1 Å². The summed E-state index contributed by atoms with van der Waals surface area (Å²) in [6.07, 6.45) is 3.70. The van der Waals surface area contributed by atoms with Crippen molar-refractivity contribution in [2.45, 2.75) is 50.2 Å². The Bertz CT molecular complexity index is 1160. The lowest BCUT2D eigenvalue weighted by Gasteiger charge is -2.26. The predicted molar refractivity (Wildman–Crippen MR) is 134 cm³/mol. The highest BCUT2D eigenvalue weighted by Gasteiger charge is 2.24. The molecule has 0 saturated carbocycles. The van der Waals surface area contributed by atoms with Crippen molar-refractivity contribution in [1.29, 1.82) is 5.26 Å². The number of rotatable bonds is 9. The number of carbonyl (C=O) groups is 1. The molecular formula is C24H28N6O2S2. The van der Waals surface area contributed by atoms with E-state index in [1.165, 1.54) is 31.0 Å². The zero-order chi connectivity index (χ0) is 23.9. The second-order valence-electron chi connectivity index (χ2n) is 8.08. The molecule has 10 heteroatoms. The Balaban J connectivity index is 1.60. The largest absolute Gasteiger partial charge is 0.462 e. The topological polar surface area (TPSA) is 110 Å². The van der Waals surface area contributed by atoms with Crippen LogP contribution in [-0.4, -0.2) is 45.3 Å². The zero-order valence-corrected chi connectivity index (χ0v) is 20.8. The molecule has 0 bridgehead atoms. The fourth-order valence-corrected chi connectivity index (χ4v) is 6.04. The van der Waals surface area contributed by atoms with Gasteiger partial charge in [0.05, 0.1) is 25.3 Å². The van der Waals surface area contributed by atoms with Gasteiger partial charge in [0.2, 0.25) is 0 Å². The molecule has 2 aromatic heterocycles. The van der Waals surface area contributed by atoms with Crippen LogP contribution in [0.3, 0.4) is 0 Å². The van der Waals surface area contributed by atoms with Gasteiger partial charge in [0, 0.05) is 11.3 Å². The fraction of sp³-hybridized carbons (Fsp3) is 0.417. The summed E-state index contributed by atoms with van der Waals surface area (Å²) in [5, 5.41) is 19.7. The summed E-state index contributed by atoms with van der Waals surface area (Å²) < 4.78 is 7.32. The SMILES string of the molecule is CCOC(=O)c1sc(N)c(C#N)c1CSc1nnc(CN2CCCCC2)n1Cc1ccccc1. The normalized spacial score (nSPS) is 14.1. The second kappa shape index (κ2) is 11.5.